The van der Waals surface area contributed by atoms with Crippen LogP contribution in [0.3, 0.4) is 0 Å². The molecule has 0 spiro atoms. The van der Waals surface area contributed by atoms with E-state index < -0.39 is 0 Å². The minimum Gasteiger partial charge on any atom is -0.272 e. The summed E-state index contributed by atoms with van der Waals surface area (Å²) in [5.41, 5.74) is 6.66. The molecule has 2 aromatic heterocycles. The predicted octanol–water partition coefficient (Wildman–Crippen LogP) is 5.51. The third-order valence-corrected chi connectivity index (χ3v) is 6.77. The number of halogens is 1. The van der Waals surface area contributed by atoms with Gasteiger partial charge in [0.2, 0.25) is 0 Å². The van der Waals surface area contributed by atoms with E-state index in [0.29, 0.717) is 16.0 Å². The van der Waals surface area contributed by atoms with Crippen LogP contribution in [0.5, 0.6) is 0 Å². The molecule has 0 radical (unpaired) electrons. The second kappa shape index (κ2) is 10.1. The normalized spacial score (nSPS) is 11.2. The predicted molar refractivity (Wildman–Crippen MR) is 132 cm³/mol. The zero-order valence-electron chi connectivity index (χ0n) is 17.4. The van der Waals surface area contributed by atoms with E-state index in [1.54, 1.807) is 17.6 Å². The molecule has 0 aliphatic carbocycles. The van der Waals surface area contributed by atoms with Gasteiger partial charge in [0.15, 0.2) is 11.0 Å². The first-order chi connectivity index (χ1) is 15.5. The fourth-order valence-electron chi connectivity index (χ4n) is 2.92. The molecule has 1 N–H and O–H groups in total. The van der Waals surface area contributed by atoms with Gasteiger partial charge in [0, 0.05) is 21.2 Å². The molecule has 0 atom stereocenters. The Morgan fingerprint density at radius 1 is 1.12 bits per heavy atom. The molecule has 0 aliphatic rings. The number of thiophene rings is 1. The van der Waals surface area contributed by atoms with Crippen LogP contribution in [-0.4, -0.2) is 32.6 Å². The highest BCUT2D eigenvalue weighted by Gasteiger charge is 2.17. The molecule has 0 saturated heterocycles. The third-order valence-electron chi connectivity index (χ3n) is 4.63. The maximum atomic E-state index is 12.3. The Morgan fingerprint density at radius 3 is 2.56 bits per heavy atom. The van der Waals surface area contributed by atoms with Gasteiger partial charge in [-0.3, -0.25) is 9.36 Å². The fourth-order valence-corrected chi connectivity index (χ4v) is 4.57. The summed E-state index contributed by atoms with van der Waals surface area (Å²) in [6, 6.07) is 17.5. The smallest absolute Gasteiger partial charge is 0.250 e. The quantitative estimate of drug-likeness (QED) is 0.214. The van der Waals surface area contributed by atoms with Crippen LogP contribution in [0.25, 0.3) is 17.1 Å². The van der Waals surface area contributed by atoms with Gasteiger partial charge in [-0.2, -0.15) is 5.10 Å². The molecular weight excluding hydrogens is 462 g/mol. The number of hydrogen-bond donors (Lipinski definition) is 1. The van der Waals surface area contributed by atoms with Crippen LogP contribution in [-0.2, 0) is 4.79 Å². The van der Waals surface area contributed by atoms with Gasteiger partial charge in [0.1, 0.15) is 0 Å². The lowest BCUT2D eigenvalue weighted by Gasteiger charge is -2.10. The number of carbonyl (C=O) groups is 1. The summed E-state index contributed by atoms with van der Waals surface area (Å²) in [5, 5.41) is 16.0. The molecule has 2 aromatic carbocycles. The summed E-state index contributed by atoms with van der Waals surface area (Å²) in [4.78, 5) is 13.3. The van der Waals surface area contributed by atoms with Crippen molar-refractivity contribution in [3.8, 4) is 17.1 Å². The number of hydrogen-bond acceptors (Lipinski definition) is 6. The summed E-state index contributed by atoms with van der Waals surface area (Å²) >= 11 is 8.95. The number of aryl methyl sites for hydroxylation is 2. The van der Waals surface area contributed by atoms with Gasteiger partial charge in [-0.05, 0) is 55.1 Å². The minimum atomic E-state index is -0.219. The van der Waals surface area contributed by atoms with Crippen molar-refractivity contribution in [2.75, 3.05) is 5.75 Å². The fraction of sp³-hybridized carbons (Fsp3) is 0.130. The summed E-state index contributed by atoms with van der Waals surface area (Å²) in [5.74, 6) is 0.629. The van der Waals surface area contributed by atoms with E-state index in [1.807, 2.05) is 78.4 Å². The van der Waals surface area contributed by atoms with Gasteiger partial charge in [-0.1, -0.05) is 53.2 Å². The highest BCUT2D eigenvalue weighted by atomic mass is 35.5. The van der Waals surface area contributed by atoms with Crippen molar-refractivity contribution < 1.29 is 4.79 Å². The lowest BCUT2D eigenvalue weighted by atomic mass is 10.1. The Labute approximate surface area is 199 Å². The van der Waals surface area contributed by atoms with E-state index in [9.17, 15) is 4.79 Å². The molecule has 0 bridgehead atoms. The van der Waals surface area contributed by atoms with E-state index in [2.05, 4.69) is 20.7 Å². The van der Waals surface area contributed by atoms with Gasteiger partial charge in [0.05, 0.1) is 12.0 Å². The summed E-state index contributed by atoms with van der Waals surface area (Å²) in [7, 11) is 0. The van der Waals surface area contributed by atoms with Crippen LogP contribution < -0.4 is 5.43 Å². The minimum absolute atomic E-state index is 0.153. The van der Waals surface area contributed by atoms with E-state index in [1.165, 1.54) is 11.8 Å². The van der Waals surface area contributed by atoms with Crippen LogP contribution in [0.4, 0.5) is 0 Å². The second-order valence-electron chi connectivity index (χ2n) is 7.03. The number of nitrogens with one attached hydrogen (secondary N) is 1. The van der Waals surface area contributed by atoms with Crippen molar-refractivity contribution in [3.05, 3.63) is 81.0 Å². The Bertz CT molecular complexity index is 1250. The standard InChI is InChI=1S/C23H20ClN5OS2/c1-15-3-5-17(6-4-15)22-27-28-23(29(22)19-9-7-18(24)8-10-19)32-14-21(30)26-25-13-20-16(2)11-12-31-20/h3-13H,14H2,1-2H3,(H,26,30). The van der Waals surface area contributed by atoms with Crippen LogP contribution in [0.1, 0.15) is 16.0 Å². The first-order valence-corrected chi connectivity index (χ1v) is 12.0. The van der Waals surface area contributed by atoms with Gasteiger partial charge in [-0.15, -0.1) is 21.5 Å². The Morgan fingerprint density at radius 2 is 1.88 bits per heavy atom. The van der Waals surface area contributed by atoms with Crippen LogP contribution in [0.2, 0.25) is 5.02 Å². The average molecular weight is 482 g/mol. The number of amides is 1. The molecular formula is C23H20ClN5OS2. The Hall–Kier alpha value is -2.94. The van der Waals surface area contributed by atoms with Gasteiger partial charge < -0.3 is 0 Å². The molecule has 0 saturated carbocycles. The zero-order chi connectivity index (χ0) is 22.5. The number of nitrogens with zero attached hydrogens (tertiary/aromatic N) is 4. The summed E-state index contributed by atoms with van der Waals surface area (Å²) in [6.07, 6.45) is 1.66. The van der Waals surface area contributed by atoms with Crippen molar-refractivity contribution in [2.45, 2.75) is 19.0 Å². The van der Waals surface area contributed by atoms with Crippen LogP contribution in [0.15, 0.2) is 70.2 Å². The summed E-state index contributed by atoms with van der Waals surface area (Å²) in [6.45, 7) is 4.04. The van der Waals surface area contributed by atoms with E-state index in [-0.39, 0.29) is 11.7 Å². The summed E-state index contributed by atoms with van der Waals surface area (Å²) < 4.78 is 1.93. The maximum Gasteiger partial charge on any atom is 0.250 e. The first-order valence-electron chi connectivity index (χ1n) is 9.78. The second-order valence-corrected chi connectivity index (χ2v) is 9.36. The molecule has 4 aromatic rings. The topological polar surface area (TPSA) is 72.2 Å². The van der Waals surface area contributed by atoms with Crippen molar-refractivity contribution in [2.24, 2.45) is 5.10 Å². The Kier molecular flexibility index (Phi) is 7.04. The molecule has 6 nitrogen and oxygen atoms in total. The van der Waals surface area contributed by atoms with Crippen molar-refractivity contribution >= 4 is 46.8 Å². The SMILES string of the molecule is Cc1ccc(-c2nnc(SCC(=O)NN=Cc3sccc3C)n2-c2ccc(Cl)cc2)cc1. The van der Waals surface area contributed by atoms with Gasteiger partial charge in [0.25, 0.3) is 5.91 Å². The Balaban J connectivity index is 1.53. The lowest BCUT2D eigenvalue weighted by Crippen LogP contribution is -2.20. The van der Waals surface area contributed by atoms with Crippen molar-refractivity contribution in [1.29, 1.82) is 0 Å². The number of hydrazone groups is 1. The largest absolute Gasteiger partial charge is 0.272 e. The number of thioether (sulfide) groups is 1. The molecule has 0 aliphatic heterocycles. The molecule has 162 valence electrons. The number of benzene rings is 2. The lowest BCUT2D eigenvalue weighted by molar-refractivity contribution is -0.118. The van der Waals surface area contributed by atoms with Crippen molar-refractivity contribution in [3.63, 3.8) is 0 Å². The monoisotopic (exact) mass is 481 g/mol. The number of rotatable bonds is 7. The van der Waals surface area contributed by atoms with Crippen LogP contribution in [0, 0.1) is 13.8 Å². The highest BCUT2D eigenvalue weighted by Crippen LogP contribution is 2.28. The molecule has 0 unspecified atom stereocenters. The van der Waals surface area contributed by atoms with Gasteiger partial charge in [-0.25, -0.2) is 5.43 Å². The molecule has 9 heteroatoms. The maximum absolute atomic E-state index is 12.3. The van der Waals surface area contributed by atoms with E-state index >= 15 is 0 Å². The van der Waals surface area contributed by atoms with Crippen LogP contribution >= 0.6 is 34.7 Å². The molecule has 1 amide bonds. The number of aromatic nitrogens is 3. The van der Waals surface area contributed by atoms with E-state index in [0.717, 1.165) is 27.3 Å². The first kappa shape index (κ1) is 22.3. The van der Waals surface area contributed by atoms with Crippen molar-refractivity contribution in [1.82, 2.24) is 20.2 Å². The average Bonchev–Trinajstić information content (AvgIpc) is 3.40. The third kappa shape index (κ3) is 5.27. The highest BCUT2D eigenvalue weighted by molar-refractivity contribution is 7.99. The molecule has 32 heavy (non-hydrogen) atoms. The van der Waals surface area contributed by atoms with E-state index in [4.69, 9.17) is 11.6 Å². The van der Waals surface area contributed by atoms with Gasteiger partial charge >= 0.3 is 0 Å². The molecule has 0 fully saturated rings. The molecule has 2 heterocycles. The zero-order valence-corrected chi connectivity index (χ0v) is 19.8. The number of carbonyl (C=O) groups excluding carboxylic acids is 1. The molecule has 4 rings (SSSR count).